The molecule has 0 aliphatic carbocycles. The first-order chi connectivity index (χ1) is 11.7. The first kappa shape index (κ1) is 18.1. The van der Waals surface area contributed by atoms with Gasteiger partial charge in [0.2, 0.25) is 0 Å². The van der Waals surface area contributed by atoms with Crippen molar-refractivity contribution in [2.75, 3.05) is 30.9 Å². The number of alkyl halides is 1. The van der Waals surface area contributed by atoms with Crippen LogP contribution in [-0.2, 0) is 0 Å². The Morgan fingerprint density at radius 1 is 1.12 bits per heavy atom. The lowest BCUT2D eigenvalue weighted by molar-refractivity contribution is 0.0947. The summed E-state index contributed by atoms with van der Waals surface area (Å²) in [5.74, 6) is 0.706. The summed E-state index contributed by atoms with van der Waals surface area (Å²) < 4.78 is 5.54. The Morgan fingerprint density at radius 2 is 1.83 bits per heavy atom. The highest BCUT2D eigenvalue weighted by Crippen LogP contribution is 2.15. The van der Waals surface area contributed by atoms with Gasteiger partial charge in [0.25, 0.3) is 5.91 Å². The highest BCUT2D eigenvalue weighted by atomic mass is 35.5. The summed E-state index contributed by atoms with van der Waals surface area (Å²) in [7, 11) is 0. The largest absolute Gasteiger partial charge is 0.492 e. The molecule has 0 fully saturated rings. The Kier molecular flexibility index (Phi) is 7.39. The molecular weight excluding hydrogens is 328 g/mol. The van der Waals surface area contributed by atoms with Crippen molar-refractivity contribution in [3.8, 4) is 5.75 Å². The molecule has 0 bridgehead atoms. The summed E-state index contributed by atoms with van der Waals surface area (Å²) >= 11 is 5.57. The quantitative estimate of drug-likeness (QED) is 0.481. The van der Waals surface area contributed by atoms with Crippen molar-refractivity contribution in [1.29, 1.82) is 0 Å². The second-order valence-electron chi connectivity index (χ2n) is 5.15. The number of carbonyl (C=O) groups excluding carboxylic acids is 1. The van der Waals surface area contributed by atoms with Gasteiger partial charge >= 0.3 is 0 Å². The molecular formula is C18H21ClN2O3. The van der Waals surface area contributed by atoms with Gasteiger partial charge in [-0.3, -0.25) is 4.79 Å². The summed E-state index contributed by atoms with van der Waals surface area (Å²) in [5.41, 5.74) is 1.17. The second-order valence-corrected chi connectivity index (χ2v) is 5.46. The molecule has 5 nitrogen and oxygen atoms in total. The maximum atomic E-state index is 12.3. The van der Waals surface area contributed by atoms with Gasteiger partial charge in [-0.1, -0.05) is 30.3 Å². The number of amides is 1. The predicted molar refractivity (Wildman–Crippen MR) is 95.9 cm³/mol. The van der Waals surface area contributed by atoms with E-state index in [2.05, 4.69) is 10.6 Å². The van der Waals surface area contributed by atoms with Crippen molar-refractivity contribution in [2.24, 2.45) is 0 Å². The van der Waals surface area contributed by atoms with Gasteiger partial charge in [-0.25, -0.2) is 0 Å². The van der Waals surface area contributed by atoms with Crippen molar-refractivity contribution in [3.05, 3.63) is 60.2 Å². The highest BCUT2D eigenvalue weighted by molar-refractivity contribution is 6.18. The number of aliphatic hydroxyl groups excluding tert-OH is 1. The van der Waals surface area contributed by atoms with E-state index in [1.165, 1.54) is 0 Å². The minimum Gasteiger partial charge on any atom is -0.492 e. The van der Waals surface area contributed by atoms with Crippen LogP contribution in [0.5, 0.6) is 5.75 Å². The molecule has 2 aromatic rings. The number of benzene rings is 2. The maximum absolute atomic E-state index is 12.3. The van der Waals surface area contributed by atoms with Crippen molar-refractivity contribution < 1.29 is 14.6 Å². The van der Waals surface area contributed by atoms with Gasteiger partial charge in [0, 0.05) is 12.2 Å². The Labute approximate surface area is 146 Å². The van der Waals surface area contributed by atoms with Gasteiger partial charge in [0.1, 0.15) is 12.4 Å². The molecule has 1 unspecified atom stereocenters. The third kappa shape index (κ3) is 5.76. The maximum Gasteiger partial charge on any atom is 0.253 e. The van der Waals surface area contributed by atoms with Crippen LogP contribution in [0.3, 0.4) is 0 Å². The molecule has 0 saturated heterocycles. The first-order valence-corrected chi connectivity index (χ1v) is 8.27. The predicted octanol–water partition coefficient (Wildman–Crippen LogP) is 2.51. The van der Waals surface area contributed by atoms with Gasteiger partial charge < -0.3 is 20.5 Å². The summed E-state index contributed by atoms with van der Waals surface area (Å²) in [6.07, 6.45) is -0.665. The summed E-state index contributed by atoms with van der Waals surface area (Å²) in [5, 5.41) is 15.4. The summed E-state index contributed by atoms with van der Waals surface area (Å²) in [4.78, 5) is 12.3. The number of ether oxygens (including phenoxy) is 1. The van der Waals surface area contributed by atoms with E-state index in [4.69, 9.17) is 16.3 Å². The fourth-order valence-electron chi connectivity index (χ4n) is 2.06. The van der Waals surface area contributed by atoms with E-state index in [1.54, 1.807) is 18.2 Å². The number of anilines is 1. The third-order valence-corrected chi connectivity index (χ3v) is 3.63. The molecule has 0 aliphatic heterocycles. The smallest absolute Gasteiger partial charge is 0.253 e. The van der Waals surface area contributed by atoms with Crippen LogP contribution in [0.1, 0.15) is 10.4 Å². The molecule has 1 atom stereocenters. The summed E-state index contributed by atoms with van der Waals surface area (Å²) in [6, 6.07) is 16.6. The monoisotopic (exact) mass is 348 g/mol. The zero-order valence-electron chi connectivity index (χ0n) is 13.2. The number of hydrogen-bond acceptors (Lipinski definition) is 4. The van der Waals surface area contributed by atoms with E-state index in [1.807, 2.05) is 36.4 Å². The number of hydrogen-bond donors (Lipinski definition) is 3. The number of aliphatic hydroxyl groups is 1. The Morgan fingerprint density at radius 3 is 2.58 bits per heavy atom. The van der Waals surface area contributed by atoms with E-state index >= 15 is 0 Å². The van der Waals surface area contributed by atoms with Crippen molar-refractivity contribution in [3.63, 3.8) is 0 Å². The lowest BCUT2D eigenvalue weighted by Gasteiger charge is -2.14. The number of rotatable bonds is 9. The molecule has 0 aliphatic rings. The Balaban J connectivity index is 1.83. The number of para-hydroxylation sites is 2. The van der Waals surface area contributed by atoms with Crippen LogP contribution < -0.4 is 15.4 Å². The molecule has 2 aromatic carbocycles. The minimum atomic E-state index is -0.665. The molecule has 0 heterocycles. The lowest BCUT2D eigenvalue weighted by Crippen LogP contribution is -2.29. The van der Waals surface area contributed by atoms with Crippen LogP contribution in [0.2, 0.25) is 0 Å². The Bertz CT molecular complexity index is 637. The average Bonchev–Trinajstić information content (AvgIpc) is 2.64. The van der Waals surface area contributed by atoms with E-state index in [9.17, 15) is 9.90 Å². The number of halogens is 1. The standard InChI is InChI=1S/C18H21ClN2O3/c19-12-14(22)13-21-17-9-5-4-8-16(17)18(23)20-10-11-24-15-6-2-1-3-7-15/h1-9,14,21-22H,10-13H2,(H,20,23). The van der Waals surface area contributed by atoms with Crippen LogP contribution in [0.25, 0.3) is 0 Å². The molecule has 1 amide bonds. The van der Waals surface area contributed by atoms with Gasteiger partial charge in [-0.15, -0.1) is 11.6 Å². The van der Waals surface area contributed by atoms with Crippen LogP contribution in [0.4, 0.5) is 5.69 Å². The fraction of sp³-hybridized carbons (Fsp3) is 0.278. The van der Waals surface area contributed by atoms with Crippen molar-refractivity contribution in [2.45, 2.75) is 6.10 Å². The van der Waals surface area contributed by atoms with E-state index in [-0.39, 0.29) is 18.3 Å². The van der Waals surface area contributed by atoms with E-state index in [0.29, 0.717) is 24.4 Å². The number of nitrogens with one attached hydrogen (secondary N) is 2. The van der Waals surface area contributed by atoms with Crippen molar-refractivity contribution in [1.82, 2.24) is 5.32 Å². The normalized spacial score (nSPS) is 11.6. The van der Waals surface area contributed by atoms with Crippen LogP contribution in [0, 0.1) is 0 Å². The van der Waals surface area contributed by atoms with Crippen molar-refractivity contribution >= 4 is 23.2 Å². The SMILES string of the molecule is O=C(NCCOc1ccccc1)c1ccccc1NCC(O)CCl. The third-order valence-electron chi connectivity index (χ3n) is 3.28. The molecule has 2 rings (SSSR count). The molecule has 3 N–H and O–H groups in total. The zero-order chi connectivity index (χ0) is 17.2. The van der Waals surface area contributed by atoms with E-state index in [0.717, 1.165) is 5.75 Å². The van der Waals surface area contributed by atoms with Gasteiger partial charge in [0.05, 0.1) is 24.1 Å². The molecule has 0 saturated carbocycles. The first-order valence-electron chi connectivity index (χ1n) is 7.73. The Hall–Kier alpha value is -2.24. The molecule has 128 valence electrons. The van der Waals surface area contributed by atoms with E-state index < -0.39 is 6.10 Å². The van der Waals surface area contributed by atoms with Crippen LogP contribution in [0.15, 0.2) is 54.6 Å². The minimum absolute atomic E-state index is 0.137. The zero-order valence-corrected chi connectivity index (χ0v) is 14.0. The molecule has 0 spiro atoms. The highest BCUT2D eigenvalue weighted by Gasteiger charge is 2.11. The lowest BCUT2D eigenvalue weighted by atomic mass is 10.1. The van der Waals surface area contributed by atoms with Crippen LogP contribution in [-0.4, -0.2) is 42.7 Å². The fourth-order valence-corrected chi connectivity index (χ4v) is 2.17. The molecule has 0 aromatic heterocycles. The van der Waals surface area contributed by atoms with Crippen LogP contribution >= 0.6 is 11.6 Å². The van der Waals surface area contributed by atoms with Gasteiger partial charge in [0.15, 0.2) is 0 Å². The molecule has 24 heavy (non-hydrogen) atoms. The topological polar surface area (TPSA) is 70.6 Å². The molecule has 0 radical (unpaired) electrons. The second kappa shape index (κ2) is 9.80. The molecule has 6 heteroatoms. The summed E-state index contributed by atoms with van der Waals surface area (Å²) in [6.45, 7) is 1.06. The van der Waals surface area contributed by atoms with Gasteiger partial charge in [-0.2, -0.15) is 0 Å². The number of carbonyl (C=O) groups is 1. The average molecular weight is 349 g/mol. The van der Waals surface area contributed by atoms with Gasteiger partial charge in [-0.05, 0) is 24.3 Å².